The maximum atomic E-state index is 6.17. The summed E-state index contributed by atoms with van der Waals surface area (Å²) in [4.78, 5) is 0. The lowest BCUT2D eigenvalue weighted by atomic mass is 9.97. The van der Waals surface area contributed by atoms with Crippen molar-refractivity contribution in [3.05, 3.63) is 35.7 Å². The molecule has 20 heavy (non-hydrogen) atoms. The van der Waals surface area contributed by atoms with E-state index in [1.807, 2.05) is 43.7 Å². The molecule has 2 aromatic rings. The van der Waals surface area contributed by atoms with Gasteiger partial charge in [-0.05, 0) is 32.9 Å². The predicted molar refractivity (Wildman–Crippen MR) is 78.6 cm³/mol. The molecule has 0 aliphatic heterocycles. The average Bonchev–Trinajstić information content (AvgIpc) is 2.79. The molecule has 1 aromatic heterocycles. The van der Waals surface area contributed by atoms with Crippen molar-refractivity contribution in [2.45, 2.75) is 26.3 Å². The van der Waals surface area contributed by atoms with Crippen LogP contribution in [0.2, 0.25) is 0 Å². The Morgan fingerprint density at radius 1 is 1.20 bits per heavy atom. The largest absolute Gasteiger partial charge is 0.497 e. The summed E-state index contributed by atoms with van der Waals surface area (Å²) >= 11 is 0. The number of rotatable bonds is 4. The minimum atomic E-state index is -0.436. The molecule has 0 bridgehead atoms. The van der Waals surface area contributed by atoms with Crippen LogP contribution in [0.1, 0.15) is 25.1 Å². The molecular formula is C15H21N3O2. The third-order valence-corrected chi connectivity index (χ3v) is 3.32. The Labute approximate surface area is 119 Å². The smallest absolute Gasteiger partial charge is 0.144 e. The molecule has 2 rings (SSSR count). The molecule has 0 saturated carbocycles. The van der Waals surface area contributed by atoms with Gasteiger partial charge in [0.1, 0.15) is 17.2 Å². The maximum Gasteiger partial charge on any atom is 0.144 e. The number of hydrogen-bond donors (Lipinski definition) is 1. The van der Waals surface area contributed by atoms with Crippen molar-refractivity contribution in [2.24, 2.45) is 5.73 Å². The van der Waals surface area contributed by atoms with Gasteiger partial charge >= 0.3 is 0 Å². The summed E-state index contributed by atoms with van der Waals surface area (Å²) in [5, 5.41) is 4.44. The highest BCUT2D eigenvalue weighted by Gasteiger charge is 2.22. The fourth-order valence-electron chi connectivity index (χ4n) is 2.25. The van der Waals surface area contributed by atoms with Crippen molar-refractivity contribution in [2.75, 3.05) is 14.2 Å². The SMILES string of the molecule is COc1ccc(OC)c(-n2ncc(C(C)(C)N)c2C)c1. The second-order valence-corrected chi connectivity index (χ2v) is 5.31. The van der Waals surface area contributed by atoms with E-state index in [0.717, 1.165) is 28.4 Å². The Kier molecular flexibility index (Phi) is 3.72. The topological polar surface area (TPSA) is 62.3 Å². The van der Waals surface area contributed by atoms with E-state index in [1.54, 1.807) is 20.4 Å². The standard InChI is InChI=1S/C15H21N3O2/c1-10-12(15(2,3)16)9-17-18(10)13-8-11(19-4)6-7-14(13)20-5/h6-9H,16H2,1-5H3. The molecule has 0 atom stereocenters. The van der Waals surface area contributed by atoms with Crippen molar-refractivity contribution in [3.8, 4) is 17.2 Å². The van der Waals surface area contributed by atoms with Crippen LogP contribution in [-0.4, -0.2) is 24.0 Å². The molecule has 0 aliphatic rings. The molecule has 5 heteroatoms. The highest BCUT2D eigenvalue weighted by Crippen LogP contribution is 2.30. The van der Waals surface area contributed by atoms with Crippen LogP contribution in [0.5, 0.6) is 11.5 Å². The Hall–Kier alpha value is -2.01. The number of nitrogens with two attached hydrogens (primary N) is 1. The zero-order valence-electron chi connectivity index (χ0n) is 12.6. The number of ether oxygens (including phenoxy) is 2. The second-order valence-electron chi connectivity index (χ2n) is 5.31. The third-order valence-electron chi connectivity index (χ3n) is 3.32. The minimum Gasteiger partial charge on any atom is -0.497 e. The minimum absolute atomic E-state index is 0.436. The number of aromatic nitrogens is 2. The van der Waals surface area contributed by atoms with Gasteiger partial charge in [-0.1, -0.05) is 0 Å². The normalized spacial score (nSPS) is 11.5. The monoisotopic (exact) mass is 275 g/mol. The van der Waals surface area contributed by atoms with Crippen molar-refractivity contribution >= 4 is 0 Å². The molecule has 1 heterocycles. The van der Waals surface area contributed by atoms with E-state index >= 15 is 0 Å². The summed E-state index contributed by atoms with van der Waals surface area (Å²) in [6, 6.07) is 5.61. The number of methoxy groups -OCH3 is 2. The molecule has 1 aromatic carbocycles. The Balaban J connectivity index is 2.59. The van der Waals surface area contributed by atoms with Crippen molar-refractivity contribution in [1.29, 1.82) is 0 Å². The van der Waals surface area contributed by atoms with Crippen LogP contribution in [-0.2, 0) is 5.54 Å². The average molecular weight is 275 g/mol. The van der Waals surface area contributed by atoms with Crippen LogP contribution in [0.25, 0.3) is 5.69 Å². The van der Waals surface area contributed by atoms with E-state index in [-0.39, 0.29) is 0 Å². The van der Waals surface area contributed by atoms with E-state index in [9.17, 15) is 0 Å². The molecule has 0 aliphatic carbocycles. The summed E-state index contributed by atoms with van der Waals surface area (Å²) in [6.07, 6.45) is 1.80. The first kappa shape index (κ1) is 14.4. The van der Waals surface area contributed by atoms with Crippen molar-refractivity contribution < 1.29 is 9.47 Å². The fourth-order valence-corrected chi connectivity index (χ4v) is 2.25. The molecule has 0 saturated heterocycles. The highest BCUT2D eigenvalue weighted by atomic mass is 16.5. The lowest BCUT2D eigenvalue weighted by Crippen LogP contribution is -2.29. The summed E-state index contributed by atoms with van der Waals surface area (Å²) < 4.78 is 12.5. The lowest BCUT2D eigenvalue weighted by Gasteiger charge is -2.18. The maximum absolute atomic E-state index is 6.17. The molecule has 0 unspecified atom stereocenters. The van der Waals surface area contributed by atoms with Gasteiger partial charge < -0.3 is 15.2 Å². The second kappa shape index (κ2) is 5.17. The van der Waals surface area contributed by atoms with Gasteiger partial charge in [-0.2, -0.15) is 5.10 Å². The van der Waals surface area contributed by atoms with Crippen LogP contribution >= 0.6 is 0 Å². The van der Waals surface area contributed by atoms with Gasteiger partial charge in [0.05, 0.1) is 20.4 Å². The molecule has 5 nitrogen and oxygen atoms in total. The quantitative estimate of drug-likeness (QED) is 0.930. The summed E-state index contributed by atoms with van der Waals surface area (Å²) in [5.74, 6) is 1.49. The van der Waals surface area contributed by atoms with Crippen LogP contribution in [0.15, 0.2) is 24.4 Å². The van der Waals surface area contributed by atoms with Gasteiger partial charge in [-0.25, -0.2) is 4.68 Å². The molecule has 2 N–H and O–H groups in total. The van der Waals surface area contributed by atoms with E-state index in [2.05, 4.69) is 5.10 Å². The molecule has 0 amide bonds. The molecule has 108 valence electrons. The van der Waals surface area contributed by atoms with Gasteiger partial charge in [0.25, 0.3) is 0 Å². The first-order valence-corrected chi connectivity index (χ1v) is 6.45. The van der Waals surface area contributed by atoms with E-state index in [0.29, 0.717) is 0 Å². The Bertz CT molecular complexity index is 612. The summed E-state index contributed by atoms with van der Waals surface area (Å²) in [6.45, 7) is 5.92. The van der Waals surface area contributed by atoms with Gasteiger partial charge in [-0.15, -0.1) is 0 Å². The molecular weight excluding hydrogens is 254 g/mol. The summed E-state index contributed by atoms with van der Waals surface area (Å²) in [5.41, 5.74) is 8.56. The predicted octanol–water partition coefficient (Wildman–Crippen LogP) is 2.39. The van der Waals surface area contributed by atoms with Gasteiger partial charge in [-0.3, -0.25) is 0 Å². The van der Waals surface area contributed by atoms with Gasteiger partial charge in [0, 0.05) is 22.9 Å². The van der Waals surface area contributed by atoms with E-state index in [1.165, 1.54) is 0 Å². The van der Waals surface area contributed by atoms with Gasteiger partial charge in [0.2, 0.25) is 0 Å². The zero-order valence-corrected chi connectivity index (χ0v) is 12.6. The zero-order chi connectivity index (χ0) is 14.9. The van der Waals surface area contributed by atoms with Gasteiger partial charge in [0.15, 0.2) is 0 Å². The summed E-state index contributed by atoms with van der Waals surface area (Å²) in [7, 11) is 3.27. The molecule has 0 fully saturated rings. The van der Waals surface area contributed by atoms with Crippen molar-refractivity contribution in [3.63, 3.8) is 0 Å². The van der Waals surface area contributed by atoms with Crippen LogP contribution in [0.3, 0.4) is 0 Å². The van der Waals surface area contributed by atoms with E-state index < -0.39 is 5.54 Å². The first-order valence-electron chi connectivity index (χ1n) is 6.45. The first-order chi connectivity index (χ1) is 9.38. The number of hydrogen-bond acceptors (Lipinski definition) is 4. The molecule has 0 spiro atoms. The number of nitrogens with zero attached hydrogens (tertiary/aromatic N) is 2. The lowest BCUT2D eigenvalue weighted by molar-refractivity contribution is 0.400. The Morgan fingerprint density at radius 2 is 1.90 bits per heavy atom. The fraction of sp³-hybridized carbons (Fsp3) is 0.400. The Morgan fingerprint density at radius 3 is 2.40 bits per heavy atom. The molecule has 0 radical (unpaired) electrons. The third kappa shape index (κ3) is 2.49. The number of benzene rings is 1. The van der Waals surface area contributed by atoms with Crippen LogP contribution in [0.4, 0.5) is 0 Å². The highest BCUT2D eigenvalue weighted by molar-refractivity contribution is 5.52. The van der Waals surface area contributed by atoms with Crippen LogP contribution < -0.4 is 15.2 Å². The van der Waals surface area contributed by atoms with Crippen molar-refractivity contribution in [1.82, 2.24) is 9.78 Å². The van der Waals surface area contributed by atoms with E-state index in [4.69, 9.17) is 15.2 Å². The van der Waals surface area contributed by atoms with Crippen LogP contribution in [0, 0.1) is 6.92 Å².